The van der Waals surface area contributed by atoms with Gasteiger partial charge in [0.1, 0.15) is 5.60 Å². The highest BCUT2D eigenvalue weighted by Crippen LogP contribution is 2.22. The molecule has 1 rings (SSSR count). The Bertz CT molecular complexity index is 404. The number of ether oxygens (including phenoxy) is 1. The lowest BCUT2D eigenvalue weighted by Crippen LogP contribution is -2.24. The smallest absolute Gasteiger partial charge is 0.306 e. The van der Waals surface area contributed by atoms with Crippen molar-refractivity contribution in [2.45, 2.75) is 52.2 Å². The molecule has 1 aromatic carbocycles. The van der Waals surface area contributed by atoms with Crippen molar-refractivity contribution in [1.29, 1.82) is 0 Å². The molecule has 0 bridgehead atoms. The molecule has 3 nitrogen and oxygen atoms in total. The maximum atomic E-state index is 11.5. The Labute approximate surface area is 109 Å². The highest BCUT2D eigenvalue weighted by Gasteiger charge is 2.18. The second-order valence-corrected chi connectivity index (χ2v) is 5.50. The van der Waals surface area contributed by atoms with Gasteiger partial charge in [-0.2, -0.15) is 0 Å². The van der Waals surface area contributed by atoms with Crippen molar-refractivity contribution in [2.24, 2.45) is 0 Å². The van der Waals surface area contributed by atoms with E-state index in [1.807, 2.05) is 52.0 Å². The maximum absolute atomic E-state index is 11.5. The third-order valence-electron chi connectivity index (χ3n) is 2.59. The highest BCUT2D eigenvalue weighted by atomic mass is 16.6. The van der Waals surface area contributed by atoms with Crippen LogP contribution in [0.1, 0.15) is 50.8 Å². The fourth-order valence-corrected chi connectivity index (χ4v) is 1.76. The van der Waals surface area contributed by atoms with Crippen molar-refractivity contribution in [1.82, 2.24) is 0 Å². The van der Waals surface area contributed by atoms with Crippen LogP contribution in [0.4, 0.5) is 0 Å². The van der Waals surface area contributed by atoms with Gasteiger partial charge in [-0.15, -0.1) is 0 Å². The zero-order valence-corrected chi connectivity index (χ0v) is 11.6. The molecule has 0 amide bonds. The van der Waals surface area contributed by atoms with E-state index in [0.717, 1.165) is 11.1 Å². The molecule has 3 heteroatoms. The predicted molar refractivity (Wildman–Crippen MR) is 71.2 cm³/mol. The average molecular weight is 250 g/mol. The van der Waals surface area contributed by atoms with Gasteiger partial charge in [0.2, 0.25) is 0 Å². The molecule has 0 saturated carbocycles. The summed E-state index contributed by atoms with van der Waals surface area (Å²) in [5.74, 6) is -0.268. The molecule has 0 fully saturated rings. The molecule has 0 radical (unpaired) electrons. The van der Waals surface area contributed by atoms with Gasteiger partial charge in [0, 0.05) is 6.42 Å². The SMILES string of the molecule is Cc1ccccc1C(O)CCC(=O)OC(C)(C)C. The molecule has 1 aromatic rings. The number of rotatable bonds is 4. The molecule has 1 atom stereocenters. The van der Waals surface area contributed by atoms with Crippen LogP contribution in [0.15, 0.2) is 24.3 Å². The van der Waals surface area contributed by atoms with E-state index < -0.39 is 11.7 Å². The zero-order chi connectivity index (χ0) is 13.8. The molecule has 0 saturated heterocycles. The first-order valence-corrected chi connectivity index (χ1v) is 6.25. The zero-order valence-electron chi connectivity index (χ0n) is 11.6. The van der Waals surface area contributed by atoms with Crippen LogP contribution in [-0.2, 0) is 9.53 Å². The first-order valence-electron chi connectivity index (χ1n) is 6.25. The number of esters is 1. The van der Waals surface area contributed by atoms with Crippen LogP contribution in [0.2, 0.25) is 0 Å². The van der Waals surface area contributed by atoms with Crippen molar-refractivity contribution in [3.8, 4) is 0 Å². The standard InChI is InChI=1S/C15H22O3/c1-11-7-5-6-8-12(11)13(16)9-10-14(17)18-15(2,3)4/h5-8,13,16H,9-10H2,1-4H3. The number of carbonyl (C=O) groups is 1. The second-order valence-electron chi connectivity index (χ2n) is 5.50. The van der Waals surface area contributed by atoms with Crippen LogP contribution < -0.4 is 0 Å². The van der Waals surface area contributed by atoms with E-state index in [0.29, 0.717) is 6.42 Å². The molecule has 18 heavy (non-hydrogen) atoms. The Kier molecular flexibility index (Phi) is 4.91. The first kappa shape index (κ1) is 14.7. The second kappa shape index (κ2) is 6.01. The molecule has 0 aliphatic rings. The minimum Gasteiger partial charge on any atom is -0.460 e. The van der Waals surface area contributed by atoms with Gasteiger partial charge < -0.3 is 9.84 Å². The lowest BCUT2D eigenvalue weighted by Gasteiger charge is -2.20. The molecular formula is C15H22O3. The van der Waals surface area contributed by atoms with Crippen LogP contribution in [0.25, 0.3) is 0 Å². The van der Waals surface area contributed by atoms with E-state index in [-0.39, 0.29) is 12.4 Å². The number of carbonyl (C=O) groups excluding carboxylic acids is 1. The topological polar surface area (TPSA) is 46.5 Å². The Hall–Kier alpha value is -1.35. The summed E-state index contributed by atoms with van der Waals surface area (Å²) >= 11 is 0. The van der Waals surface area contributed by atoms with E-state index in [2.05, 4.69) is 0 Å². The van der Waals surface area contributed by atoms with Gasteiger partial charge in [-0.05, 0) is 45.2 Å². The molecule has 100 valence electrons. The van der Waals surface area contributed by atoms with E-state index in [1.165, 1.54) is 0 Å². The fourth-order valence-electron chi connectivity index (χ4n) is 1.76. The summed E-state index contributed by atoms with van der Waals surface area (Å²) in [5.41, 5.74) is 1.44. The van der Waals surface area contributed by atoms with Crippen LogP contribution >= 0.6 is 0 Å². The summed E-state index contributed by atoms with van der Waals surface area (Å²) in [6.07, 6.45) is 0.00530. The number of aliphatic hydroxyl groups is 1. The van der Waals surface area contributed by atoms with Crippen LogP contribution in [0.5, 0.6) is 0 Å². The maximum Gasteiger partial charge on any atom is 0.306 e. The molecular weight excluding hydrogens is 228 g/mol. The molecule has 0 spiro atoms. The summed E-state index contributed by atoms with van der Waals surface area (Å²) in [4.78, 5) is 11.5. The predicted octanol–water partition coefficient (Wildman–Crippen LogP) is 3.15. The molecule has 0 heterocycles. The quantitative estimate of drug-likeness (QED) is 0.835. The van der Waals surface area contributed by atoms with Gasteiger partial charge in [-0.25, -0.2) is 0 Å². The summed E-state index contributed by atoms with van der Waals surface area (Å²) in [7, 11) is 0. The molecule has 1 N–H and O–H groups in total. The largest absolute Gasteiger partial charge is 0.460 e. The molecule has 0 aliphatic heterocycles. The Morgan fingerprint density at radius 3 is 2.50 bits per heavy atom. The van der Waals surface area contributed by atoms with Gasteiger partial charge in [0.15, 0.2) is 0 Å². The minimum absolute atomic E-state index is 0.229. The van der Waals surface area contributed by atoms with Crippen LogP contribution in [0.3, 0.4) is 0 Å². The molecule has 0 aromatic heterocycles. The number of aryl methyl sites for hydroxylation is 1. The molecule has 0 aliphatic carbocycles. The van der Waals surface area contributed by atoms with Crippen LogP contribution in [-0.4, -0.2) is 16.7 Å². The fraction of sp³-hybridized carbons (Fsp3) is 0.533. The summed E-state index contributed by atoms with van der Waals surface area (Å²) in [6.45, 7) is 7.46. The third-order valence-corrected chi connectivity index (χ3v) is 2.59. The van der Waals surface area contributed by atoms with Crippen molar-refractivity contribution in [3.05, 3.63) is 35.4 Å². The molecule has 1 unspecified atom stereocenters. The number of aliphatic hydroxyl groups excluding tert-OH is 1. The monoisotopic (exact) mass is 250 g/mol. The summed E-state index contributed by atoms with van der Waals surface area (Å²) < 4.78 is 5.20. The van der Waals surface area contributed by atoms with E-state index in [1.54, 1.807) is 0 Å². The van der Waals surface area contributed by atoms with Crippen molar-refractivity contribution in [3.63, 3.8) is 0 Å². The Balaban J connectivity index is 2.49. The van der Waals surface area contributed by atoms with E-state index in [4.69, 9.17) is 4.74 Å². The van der Waals surface area contributed by atoms with Gasteiger partial charge >= 0.3 is 5.97 Å². The Morgan fingerprint density at radius 1 is 1.33 bits per heavy atom. The van der Waals surface area contributed by atoms with Crippen LogP contribution in [0, 0.1) is 6.92 Å². The highest BCUT2D eigenvalue weighted by molar-refractivity contribution is 5.69. The lowest BCUT2D eigenvalue weighted by molar-refractivity contribution is -0.155. The van der Waals surface area contributed by atoms with Gasteiger partial charge in [0.25, 0.3) is 0 Å². The van der Waals surface area contributed by atoms with E-state index in [9.17, 15) is 9.90 Å². The Morgan fingerprint density at radius 2 is 1.94 bits per heavy atom. The van der Waals surface area contributed by atoms with Crippen molar-refractivity contribution >= 4 is 5.97 Å². The number of hydrogen-bond donors (Lipinski definition) is 1. The first-order chi connectivity index (χ1) is 8.29. The van der Waals surface area contributed by atoms with Gasteiger partial charge in [0.05, 0.1) is 6.10 Å². The summed E-state index contributed by atoms with van der Waals surface area (Å²) in [6, 6.07) is 7.65. The van der Waals surface area contributed by atoms with E-state index >= 15 is 0 Å². The number of hydrogen-bond acceptors (Lipinski definition) is 3. The van der Waals surface area contributed by atoms with Gasteiger partial charge in [-0.3, -0.25) is 4.79 Å². The lowest BCUT2D eigenvalue weighted by atomic mass is 10.00. The average Bonchev–Trinajstić information content (AvgIpc) is 2.24. The van der Waals surface area contributed by atoms with Gasteiger partial charge in [-0.1, -0.05) is 24.3 Å². The minimum atomic E-state index is -0.612. The van der Waals surface area contributed by atoms with Crippen molar-refractivity contribution < 1.29 is 14.6 Å². The summed E-state index contributed by atoms with van der Waals surface area (Å²) in [5, 5.41) is 10.0. The number of benzene rings is 1. The van der Waals surface area contributed by atoms with Crippen molar-refractivity contribution in [2.75, 3.05) is 0 Å². The third kappa shape index (κ3) is 4.88. The normalized spacial score (nSPS) is 13.2.